The van der Waals surface area contributed by atoms with E-state index in [1.807, 2.05) is 0 Å². The molecule has 2 nitrogen and oxygen atoms in total. The summed E-state index contributed by atoms with van der Waals surface area (Å²) < 4.78 is 5.81. The van der Waals surface area contributed by atoms with E-state index in [2.05, 4.69) is 12.2 Å². The number of rotatable bonds is 4. The molecule has 1 heterocycles. The molecular formula is C10H19NO. The maximum atomic E-state index is 5.81. The van der Waals surface area contributed by atoms with Crippen molar-refractivity contribution in [2.24, 2.45) is 5.41 Å². The highest BCUT2D eigenvalue weighted by Crippen LogP contribution is 2.44. The highest BCUT2D eigenvalue weighted by Gasteiger charge is 2.36. The van der Waals surface area contributed by atoms with Gasteiger partial charge in [-0.05, 0) is 24.7 Å². The first kappa shape index (κ1) is 8.52. The van der Waals surface area contributed by atoms with Crippen molar-refractivity contribution in [1.29, 1.82) is 0 Å². The smallest absolute Gasteiger partial charge is 0.0823 e. The predicted octanol–water partition coefficient (Wildman–Crippen LogP) is 1.56. The molecule has 12 heavy (non-hydrogen) atoms. The summed E-state index contributed by atoms with van der Waals surface area (Å²) in [6, 6.07) is 0. The summed E-state index contributed by atoms with van der Waals surface area (Å²) in [4.78, 5) is 0. The van der Waals surface area contributed by atoms with E-state index in [0.717, 1.165) is 19.7 Å². The molecule has 1 aliphatic heterocycles. The van der Waals surface area contributed by atoms with Gasteiger partial charge in [-0.1, -0.05) is 13.3 Å². The molecule has 70 valence electrons. The van der Waals surface area contributed by atoms with E-state index >= 15 is 0 Å². The van der Waals surface area contributed by atoms with Crippen molar-refractivity contribution in [2.45, 2.75) is 38.7 Å². The van der Waals surface area contributed by atoms with Crippen LogP contribution in [0.1, 0.15) is 32.6 Å². The molecule has 0 aromatic rings. The Morgan fingerprint density at radius 2 is 2.17 bits per heavy atom. The van der Waals surface area contributed by atoms with Gasteiger partial charge in [0.15, 0.2) is 0 Å². The number of ether oxygens (including phenoxy) is 1. The summed E-state index contributed by atoms with van der Waals surface area (Å²) >= 11 is 0. The summed E-state index contributed by atoms with van der Waals surface area (Å²) in [5.41, 5.74) is 0.579. The summed E-state index contributed by atoms with van der Waals surface area (Å²) in [6.45, 7) is 5.44. The lowest BCUT2D eigenvalue weighted by Gasteiger charge is -2.42. The van der Waals surface area contributed by atoms with Gasteiger partial charge in [-0.2, -0.15) is 0 Å². The van der Waals surface area contributed by atoms with Crippen LogP contribution in [0.15, 0.2) is 0 Å². The second-order valence-corrected chi connectivity index (χ2v) is 4.30. The fourth-order valence-corrected chi connectivity index (χ4v) is 1.95. The molecule has 0 spiro atoms. The molecular weight excluding hydrogens is 150 g/mol. The highest BCUT2D eigenvalue weighted by molar-refractivity contribution is 4.87. The Hall–Kier alpha value is -0.0800. The van der Waals surface area contributed by atoms with E-state index in [4.69, 9.17) is 4.74 Å². The Morgan fingerprint density at radius 1 is 1.42 bits per heavy atom. The van der Waals surface area contributed by atoms with Crippen LogP contribution < -0.4 is 5.32 Å². The molecule has 0 bridgehead atoms. The van der Waals surface area contributed by atoms with Crippen LogP contribution in [-0.4, -0.2) is 25.8 Å². The number of hydrogen-bond acceptors (Lipinski definition) is 2. The molecule has 2 fully saturated rings. The first-order chi connectivity index (χ1) is 5.85. The van der Waals surface area contributed by atoms with Crippen LogP contribution >= 0.6 is 0 Å². The zero-order valence-corrected chi connectivity index (χ0v) is 7.94. The van der Waals surface area contributed by atoms with Crippen LogP contribution in [0.2, 0.25) is 0 Å². The minimum Gasteiger partial charge on any atom is -0.375 e. The quantitative estimate of drug-likeness (QED) is 0.689. The van der Waals surface area contributed by atoms with Crippen molar-refractivity contribution in [3.63, 3.8) is 0 Å². The summed E-state index contributed by atoms with van der Waals surface area (Å²) in [6.07, 6.45) is 6.02. The van der Waals surface area contributed by atoms with Crippen molar-refractivity contribution < 1.29 is 4.74 Å². The monoisotopic (exact) mass is 169 g/mol. The second kappa shape index (κ2) is 3.35. The van der Waals surface area contributed by atoms with Gasteiger partial charge in [0.1, 0.15) is 0 Å². The van der Waals surface area contributed by atoms with E-state index in [1.54, 1.807) is 0 Å². The number of hydrogen-bond donors (Lipinski definition) is 1. The minimum atomic E-state index is 0.522. The zero-order valence-electron chi connectivity index (χ0n) is 7.94. The third kappa shape index (κ3) is 1.50. The van der Waals surface area contributed by atoms with E-state index < -0.39 is 0 Å². The molecule has 0 unspecified atom stereocenters. The molecule has 1 saturated heterocycles. The Kier molecular flexibility index (Phi) is 2.37. The first-order valence-electron chi connectivity index (χ1n) is 5.17. The Morgan fingerprint density at radius 3 is 2.50 bits per heavy atom. The largest absolute Gasteiger partial charge is 0.375 e. The standard InChI is InChI=1S/C10H19NO/c1-2-10(4-3-5-10)8-12-9-6-11-7-9/h9,11H,2-8H2,1H3. The summed E-state index contributed by atoms with van der Waals surface area (Å²) in [7, 11) is 0. The fourth-order valence-electron chi connectivity index (χ4n) is 1.95. The molecule has 2 rings (SSSR count). The van der Waals surface area contributed by atoms with E-state index in [9.17, 15) is 0 Å². The molecule has 2 heteroatoms. The molecule has 0 atom stereocenters. The van der Waals surface area contributed by atoms with Crippen LogP contribution in [-0.2, 0) is 4.74 Å². The third-order valence-corrected chi connectivity index (χ3v) is 3.53. The summed E-state index contributed by atoms with van der Waals surface area (Å²) in [5, 5.41) is 3.23. The van der Waals surface area contributed by atoms with Crippen molar-refractivity contribution >= 4 is 0 Å². The van der Waals surface area contributed by atoms with Crippen molar-refractivity contribution in [2.75, 3.05) is 19.7 Å². The topological polar surface area (TPSA) is 21.3 Å². The maximum absolute atomic E-state index is 5.81. The molecule has 1 N–H and O–H groups in total. The van der Waals surface area contributed by atoms with Crippen LogP contribution in [0, 0.1) is 5.41 Å². The van der Waals surface area contributed by atoms with Gasteiger partial charge in [0, 0.05) is 13.1 Å². The van der Waals surface area contributed by atoms with Gasteiger partial charge < -0.3 is 10.1 Å². The molecule has 2 aliphatic rings. The van der Waals surface area contributed by atoms with Crippen LogP contribution in [0.5, 0.6) is 0 Å². The zero-order chi connectivity index (χ0) is 8.44. The van der Waals surface area contributed by atoms with Gasteiger partial charge in [-0.25, -0.2) is 0 Å². The third-order valence-electron chi connectivity index (χ3n) is 3.53. The average Bonchev–Trinajstić information content (AvgIpc) is 1.91. The molecule has 0 amide bonds. The van der Waals surface area contributed by atoms with Gasteiger partial charge in [0.2, 0.25) is 0 Å². The van der Waals surface area contributed by atoms with Gasteiger partial charge in [-0.3, -0.25) is 0 Å². The Bertz CT molecular complexity index is 144. The summed E-state index contributed by atoms with van der Waals surface area (Å²) in [5.74, 6) is 0. The average molecular weight is 169 g/mol. The lowest BCUT2D eigenvalue weighted by molar-refractivity contribution is -0.0626. The first-order valence-corrected chi connectivity index (χ1v) is 5.17. The highest BCUT2D eigenvalue weighted by atomic mass is 16.5. The second-order valence-electron chi connectivity index (χ2n) is 4.30. The Balaban J connectivity index is 1.69. The number of nitrogens with one attached hydrogen (secondary N) is 1. The van der Waals surface area contributed by atoms with E-state index in [0.29, 0.717) is 11.5 Å². The van der Waals surface area contributed by atoms with Gasteiger partial charge in [0.05, 0.1) is 12.7 Å². The van der Waals surface area contributed by atoms with Crippen molar-refractivity contribution in [1.82, 2.24) is 5.32 Å². The predicted molar refractivity (Wildman–Crippen MR) is 49.2 cm³/mol. The molecule has 0 aromatic heterocycles. The van der Waals surface area contributed by atoms with Crippen LogP contribution in [0.3, 0.4) is 0 Å². The molecule has 0 radical (unpaired) electrons. The van der Waals surface area contributed by atoms with Gasteiger partial charge >= 0.3 is 0 Å². The maximum Gasteiger partial charge on any atom is 0.0823 e. The van der Waals surface area contributed by atoms with Gasteiger partial charge in [-0.15, -0.1) is 0 Å². The fraction of sp³-hybridized carbons (Fsp3) is 1.00. The molecule has 1 saturated carbocycles. The molecule has 0 aromatic carbocycles. The van der Waals surface area contributed by atoms with E-state index in [-0.39, 0.29) is 0 Å². The Labute approximate surface area is 74.7 Å². The van der Waals surface area contributed by atoms with Crippen LogP contribution in [0.4, 0.5) is 0 Å². The van der Waals surface area contributed by atoms with Crippen LogP contribution in [0.25, 0.3) is 0 Å². The lowest BCUT2D eigenvalue weighted by atomic mass is 9.68. The molecule has 1 aliphatic carbocycles. The van der Waals surface area contributed by atoms with Crippen molar-refractivity contribution in [3.8, 4) is 0 Å². The normalized spacial score (nSPS) is 27.8. The lowest BCUT2D eigenvalue weighted by Crippen LogP contribution is -2.50. The van der Waals surface area contributed by atoms with Gasteiger partial charge in [0.25, 0.3) is 0 Å². The van der Waals surface area contributed by atoms with Crippen molar-refractivity contribution in [3.05, 3.63) is 0 Å². The van der Waals surface area contributed by atoms with E-state index in [1.165, 1.54) is 25.7 Å². The minimum absolute atomic E-state index is 0.522. The SMILES string of the molecule is CCC1(COC2CNC2)CCC1.